The molecule has 0 aliphatic rings. The number of benzene rings is 2. The van der Waals surface area contributed by atoms with E-state index in [1.54, 1.807) is 58.0 Å². The van der Waals surface area contributed by atoms with Crippen LogP contribution in [0, 0.1) is 6.92 Å². The van der Waals surface area contributed by atoms with Gasteiger partial charge in [-0.3, -0.25) is 0 Å². The smallest absolute Gasteiger partial charge is 0.408 e. The number of hydrogen-bond donors (Lipinski definition) is 1. The molecule has 3 rings (SSSR count). The van der Waals surface area contributed by atoms with Gasteiger partial charge in [-0.15, -0.1) is 0 Å². The van der Waals surface area contributed by atoms with E-state index in [9.17, 15) is 14.4 Å². The molecule has 1 aromatic heterocycles. The van der Waals surface area contributed by atoms with Crippen LogP contribution in [0.2, 0.25) is 0 Å². The van der Waals surface area contributed by atoms with Crippen molar-refractivity contribution in [2.45, 2.75) is 59.1 Å². The van der Waals surface area contributed by atoms with Crippen LogP contribution in [0.15, 0.2) is 39.5 Å². The van der Waals surface area contributed by atoms with Gasteiger partial charge in [-0.1, -0.05) is 13.3 Å². The third-order valence-electron chi connectivity index (χ3n) is 5.05. The predicted molar refractivity (Wildman–Crippen MR) is 125 cm³/mol. The minimum absolute atomic E-state index is 0.246. The minimum atomic E-state index is -0.879. The molecule has 0 radical (unpaired) electrons. The van der Waals surface area contributed by atoms with Crippen molar-refractivity contribution in [2.24, 2.45) is 0 Å². The van der Waals surface area contributed by atoms with Crippen LogP contribution < -0.4 is 20.4 Å². The second-order valence-corrected chi connectivity index (χ2v) is 8.78. The molecule has 176 valence electrons. The van der Waals surface area contributed by atoms with E-state index >= 15 is 0 Å². The van der Waals surface area contributed by atoms with Crippen LogP contribution >= 0.6 is 0 Å². The van der Waals surface area contributed by atoms with Gasteiger partial charge in [-0.25, -0.2) is 14.4 Å². The van der Waals surface area contributed by atoms with Gasteiger partial charge in [-0.05, 0) is 64.4 Å². The molecule has 0 unspecified atom stereocenters. The topological polar surface area (TPSA) is 104 Å². The lowest BCUT2D eigenvalue weighted by Crippen LogP contribution is -2.45. The van der Waals surface area contributed by atoms with Crippen molar-refractivity contribution in [1.29, 1.82) is 0 Å². The van der Waals surface area contributed by atoms with Gasteiger partial charge >= 0.3 is 17.7 Å². The maximum Gasteiger partial charge on any atom is 0.408 e. The Bertz CT molecular complexity index is 1250. The summed E-state index contributed by atoms with van der Waals surface area (Å²) < 4.78 is 21.6. The molecule has 1 atom stereocenters. The zero-order valence-electron chi connectivity index (χ0n) is 19.7. The first-order valence-electron chi connectivity index (χ1n) is 10.8. The maximum atomic E-state index is 12.8. The number of amides is 1. The summed E-state index contributed by atoms with van der Waals surface area (Å²) >= 11 is 0. The Labute approximate surface area is 191 Å². The highest BCUT2D eigenvalue weighted by atomic mass is 16.6. The number of methoxy groups -OCH3 is 1. The maximum absolute atomic E-state index is 12.8. The van der Waals surface area contributed by atoms with E-state index in [4.69, 9.17) is 18.6 Å². The molecule has 1 amide bonds. The number of esters is 1. The van der Waals surface area contributed by atoms with Crippen LogP contribution in [-0.4, -0.2) is 30.8 Å². The highest BCUT2D eigenvalue weighted by Gasteiger charge is 2.26. The summed E-state index contributed by atoms with van der Waals surface area (Å²) in [6.45, 7) is 8.83. The summed E-state index contributed by atoms with van der Waals surface area (Å²) in [6, 6.07) is 7.69. The predicted octanol–water partition coefficient (Wildman–Crippen LogP) is 4.86. The van der Waals surface area contributed by atoms with E-state index in [0.29, 0.717) is 45.9 Å². The normalized spacial score (nSPS) is 12.4. The number of aryl methyl sites for hydroxylation is 1. The second kappa shape index (κ2) is 9.52. The summed E-state index contributed by atoms with van der Waals surface area (Å²) in [5.41, 5.74) is -0.374. The Balaban J connectivity index is 1.92. The van der Waals surface area contributed by atoms with Crippen molar-refractivity contribution in [3.8, 4) is 11.5 Å². The van der Waals surface area contributed by atoms with Gasteiger partial charge in [0.05, 0.1) is 12.5 Å². The first-order valence-corrected chi connectivity index (χ1v) is 10.8. The fraction of sp³-hybridized carbons (Fsp3) is 0.400. The van der Waals surface area contributed by atoms with Crippen molar-refractivity contribution >= 4 is 33.8 Å². The van der Waals surface area contributed by atoms with E-state index in [1.165, 1.54) is 7.11 Å². The van der Waals surface area contributed by atoms with Gasteiger partial charge in [0, 0.05) is 16.3 Å². The standard InChI is InChI=1S/C25H29NO7/c1-7-8-19(26-24(29)33-25(3,4)5)23(28)31-20-12-11-17-16-10-9-15(30-6)13-18(16)22(27)32-21(17)14(20)2/h9-13,19H,7-8H2,1-6H3,(H,26,29)/t19-/m1/s1. The number of nitrogens with one attached hydrogen (secondary N) is 1. The van der Waals surface area contributed by atoms with Crippen LogP contribution in [0.3, 0.4) is 0 Å². The van der Waals surface area contributed by atoms with Gasteiger partial charge in [0.15, 0.2) is 0 Å². The molecular weight excluding hydrogens is 426 g/mol. The SMILES string of the molecule is CCC[C@@H](NC(=O)OC(C)(C)C)C(=O)Oc1ccc2c(oc(=O)c3cc(OC)ccc32)c1C. The summed E-state index contributed by atoms with van der Waals surface area (Å²) in [7, 11) is 1.53. The molecule has 8 heteroatoms. The molecule has 1 heterocycles. The van der Waals surface area contributed by atoms with E-state index in [1.807, 2.05) is 6.92 Å². The zero-order valence-corrected chi connectivity index (χ0v) is 19.7. The monoisotopic (exact) mass is 455 g/mol. The van der Waals surface area contributed by atoms with Crippen LogP contribution in [0.5, 0.6) is 11.5 Å². The van der Waals surface area contributed by atoms with E-state index in [2.05, 4.69) is 5.32 Å². The fourth-order valence-corrected chi connectivity index (χ4v) is 3.50. The number of carbonyl (C=O) groups is 2. The van der Waals surface area contributed by atoms with Gasteiger partial charge in [-0.2, -0.15) is 0 Å². The molecular formula is C25H29NO7. The van der Waals surface area contributed by atoms with E-state index in [-0.39, 0.29) is 5.75 Å². The van der Waals surface area contributed by atoms with Crippen molar-refractivity contribution in [2.75, 3.05) is 7.11 Å². The molecule has 0 saturated carbocycles. The van der Waals surface area contributed by atoms with E-state index < -0.39 is 29.3 Å². The Morgan fingerprint density at radius 3 is 2.42 bits per heavy atom. The molecule has 3 aromatic rings. The zero-order chi connectivity index (χ0) is 24.3. The number of fused-ring (bicyclic) bond motifs is 3. The van der Waals surface area contributed by atoms with Crippen LogP contribution in [0.1, 0.15) is 46.1 Å². The summed E-state index contributed by atoms with van der Waals surface area (Å²) in [5.74, 6) is 0.171. The minimum Gasteiger partial charge on any atom is -0.497 e. The van der Waals surface area contributed by atoms with Crippen molar-refractivity contribution in [1.82, 2.24) is 5.32 Å². The van der Waals surface area contributed by atoms with E-state index in [0.717, 1.165) is 0 Å². The number of hydrogen-bond acceptors (Lipinski definition) is 7. The number of carbonyl (C=O) groups excluding carboxylic acids is 2. The molecule has 8 nitrogen and oxygen atoms in total. The lowest BCUT2D eigenvalue weighted by molar-refractivity contribution is -0.137. The summed E-state index contributed by atoms with van der Waals surface area (Å²) in [4.78, 5) is 37.6. The Hall–Kier alpha value is -3.55. The molecule has 0 spiro atoms. The van der Waals surface area contributed by atoms with Gasteiger partial charge < -0.3 is 23.9 Å². The Morgan fingerprint density at radius 2 is 1.79 bits per heavy atom. The molecule has 0 saturated heterocycles. The third kappa shape index (κ3) is 5.45. The van der Waals surface area contributed by atoms with Crippen molar-refractivity contribution in [3.63, 3.8) is 0 Å². The molecule has 0 fully saturated rings. The molecule has 1 N–H and O–H groups in total. The highest BCUT2D eigenvalue weighted by Crippen LogP contribution is 2.32. The fourth-order valence-electron chi connectivity index (χ4n) is 3.50. The molecule has 0 aliphatic carbocycles. The first kappa shape index (κ1) is 24.1. The number of alkyl carbamates (subject to hydrolysis) is 1. The lowest BCUT2D eigenvalue weighted by atomic mass is 10.0. The van der Waals surface area contributed by atoms with Gasteiger partial charge in [0.1, 0.15) is 28.7 Å². The second-order valence-electron chi connectivity index (χ2n) is 8.78. The van der Waals surface area contributed by atoms with Gasteiger partial charge in [0.2, 0.25) is 0 Å². The molecule has 0 bridgehead atoms. The largest absolute Gasteiger partial charge is 0.497 e. The summed E-state index contributed by atoms with van der Waals surface area (Å²) in [6.07, 6.45) is 0.337. The van der Waals surface area contributed by atoms with Crippen LogP contribution in [-0.2, 0) is 9.53 Å². The molecule has 33 heavy (non-hydrogen) atoms. The average Bonchev–Trinajstić information content (AvgIpc) is 2.74. The molecule has 0 aliphatic heterocycles. The lowest BCUT2D eigenvalue weighted by Gasteiger charge is -2.23. The summed E-state index contributed by atoms with van der Waals surface area (Å²) in [5, 5.41) is 4.39. The van der Waals surface area contributed by atoms with Crippen molar-refractivity contribution in [3.05, 3.63) is 46.3 Å². The Morgan fingerprint density at radius 1 is 1.09 bits per heavy atom. The highest BCUT2D eigenvalue weighted by molar-refractivity contribution is 6.06. The van der Waals surface area contributed by atoms with Crippen LogP contribution in [0.25, 0.3) is 21.7 Å². The first-order chi connectivity index (χ1) is 15.5. The average molecular weight is 456 g/mol. The number of rotatable bonds is 6. The number of ether oxygens (including phenoxy) is 3. The molecule has 2 aromatic carbocycles. The van der Waals surface area contributed by atoms with Crippen LogP contribution in [0.4, 0.5) is 4.79 Å². The van der Waals surface area contributed by atoms with Gasteiger partial charge in [0.25, 0.3) is 0 Å². The Kier molecular flexibility index (Phi) is 6.95. The quantitative estimate of drug-likeness (QED) is 0.245. The van der Waals surface area contributed by atoms with Crippen molar-refractivity contribution < 1.29 is 28.2 Å². The third-order valence-corrected chi connectivity index (χ3v) is 5.05.